The first kappa shape index (κ1) is 18.0. The van der Waals surface area contributed by atoms with E-state index in [1.54, 1.807) is 24.3 Å². The minimum absolute atomic E-state index is 0.253. The molecule has 0 heterocycles. The summed E-state index contributed by atoms with van der Waals surface area (Å²) in [5.41, 5.74) is 2.28. The molecular formula is C18H28N2O2S. The second kappa shape index (κ2) is 6.63. The Morgan fingerprint density at radius 3 is 2.30 bits per heavy atom. The monoisotopic (exact) mass is 336 g/mol. The van der Waals surface area contributed by atoms with Gasteiger partial charge in [0.05, 0.1) is 4.90 Å². The second-order valence-corrected chi connectivity index (χ2v) is 9.41. The average molecular weight is 337 g/mol. The quantitative estimate of drug-likeness (QED) is 0.844. The zero-order valence-corrected chi connectivity index (χ0v) is 15.6. The van der Waals surface area contributed by atoms with E-state index in [1.165, 1.54) is 0 Å². The minimum atomic E-state index is -3.58. The normalized spacial score (nSPS) is 24.7. The summed E-state index contributed by atoms with van der Waals surface area (Å²) >= 11 is 0. The molecule has 0 radical (unpaired) electrons. The molecular weight excluding hydrogens is 308 g/mol. The van der Waals surface area contributed by atoms with Crippen LogP contribution in [0.1, 0.15) is 52.5 Å². The van der Waals surface area contributed by atoms with E-state index in [4.69, 9.17) is 0 Å². The number of nitrogens with one attached hydrogen (secondary N) is 1. The molecule has 2 atom stereocenters. The lowest BCUT2D eigenvalue weighted by Crippen LogP contribution is -2.32. The summed E-state index contributed by atoms with van der Waals surface area (Å²) in [6.45, 7) is 10.9. The molecule has 2 rings (SSSR count). The van der Waals surface area contributed by atoms with Gasteiger partial charge in [-0.15, -0.1) is 0 Å². The van der Waals surface area contributed by atoms with Gasteiger partial charge in [0.2, 0.25) is 0 Å². The Bertz CT molecular complexity index is 670. The molecule has 0 spiro atoms. The number of sulfonamides is 1. The Hall–Kier alpha value is -1.36. The van der Waals surface area contributed by atoms with Crippen LogP contribution in [0.15, 0.2) is 34.3 Å². The molecule has 1 fully saturated rings. The first-order valence-corrected chi connectivity index (χ1v) is 9.73. The van der Waals surface area contributed by atoms with E-state index in [0.717, 1.165) is 30.5 Å². The Morgan fingerprint density at radius 2 is 1.78 bits per heavy atom. The highest BCUT2D eigenvalue weighted by Gasteiger charge is 2.32. The SMILES string of the molecule is Cc1ccc(S(=O)(=O)N/N=C2/CCC(C(C)(C)C)CC2C)cc1. The molecule has 0 saturated heterocycles. The maximum atomic E-state index is 12.3. The van der Waals surface area contributed by atoms with Gasteiger partial charge in [0.15, 0.2) is 0 Å². The fourth-order valence-electron chi connectivity index (χ4n) is 3.09. The Labute approximate surface area is 140 Å². The first-order chi connectivity index (χ1) is 10.6. The third-order valence-electron chi connectivity index (χ3n) is 4.82. The van der Waals surface area contributed by atoms with E-state index in [-0.39, 0.29) is 4.90 Å². The second-order valence-electron chi connectivity index (χ2n) is 7.75. The van der Waals surface area contributed by atoms with Crippen molar-refractivity contribution in [2.24, 2.45) is 22.4 Å². The molecule has 128 valence electrons. The maximum Gasteiger partial charge on any atom is 0.276 e. The van der Waals surface area contributed by atoms with Crippen molar-refractivity contribution in [3.05, 3.63) is 29.8 Å². The molecule has 0 bridgehead atoms. The highest BCUT2D eigenvalue weighted by atomic mass is 32.2. The van der Waals surface area contributed by atoms with E-state index >= 15 is 0 Å². The molecule has 4 nitrogen and oxygen atoms in total. The van der Waals surface area contributed by atoms with Crippen molar-refractivity contribution in [3.8, 4) is 0 Å². The van der Waals surface area contributed by atoms with Crippen LogP contribution in [0.3, 0.4) is 0 Å². The largest absolute Gasteiger partial charge is 0.276 e. The molecule has 1 aromatic rings. The van der Waals surface area contributed by atoms with E-state index < -0.39 is 10.0 Å². The summed E-state index contributed by atoms with van der Waals surface area (Å²) in [4.78, 5) is 2.66. The van der Waals surface area contributed by atoms with Crippen molar-refractivity contribution in [2.75, 3.05) is 0 Å². The predicted molar refractivity (Wildman–Crippen MR) is 94.9 cm³/mol. The number of hydrogen-bond acceptors (Lipinski definition) is 3. The predicted octanol–water partition coefficient (Wildman–Crippen LogP) is 4.11. The van der Waals surface area contributed by atoms with Crippen LogP contribution in [-0.2, 0) is 10.0 Å². The third kappa shape index (κ3) is 4.56. The van der Waals surface area contributed by atoms with Crippen LogP contribution < -0.4 is 4.83 Å². The highest BCUT2D eigenvalue weighted by Crippen LogP contribution is 2.39. The van der Waals surface area contributed by atoms with Gasteiger partial charge in [-0.3, -0.25) is 0 Å². The molecule has 0 aliphatic heterocycles. The molecule has 1 aliphatic carbocycles. The van der Waals surface area contributed by atoms with Gasteiger partial charge in [-0.2, -0.15) is 13.5 Å². The summed E-state index contributed by atoms with van der Waals surface area (Å²) in [6, 6.07) is 6.80. The molecule has 1 aliphatic rings. The summed E-state index contributed by atoms with van der Waals surface area (Å²) in [5, 5.41) is 4.23. The van der Waals surface area contributed by atoms with E-state index in [9.17, 15) is 8.42 Å². The molecule has 1 saturated carbocycles. The van der Waals surface area contributed by atoms with Crippen molar-refractivity contribution in [1.82, 2.24) is 4.83 Å². The number of hydrogen-bond donors (Lipinski definition) is 1. The first-order valence-electron chi connectivity index (χ1n) is 8.24. The smallest absolute Gasteiger partial charge is 0.200 e. The molecule has 2 unspecified atom stereocenters. The van der Waals surface area contributed by atoms with Crippen LogP contribution in [-0.4, -0.2) is 14.1 Å². The van der Waals surface area contributed by atoms with Crippen molar-refractivity contribution in [2.45, 2.75) is 58.8 Å². The van der Waals surface area contributed by atoms with Crippen LogP contribution in [0.25, 0.3) is 0 Å². The standard InChI is InChI=1S/C18H28N2O2S/c1-13-6-9-16(10-7-13)23(21,22)20-19-17-11-8-15(12-14(17)2)18(3,4)5/h6-7,9-10,14-15,20H,8,11-12H2,1-5H3/b19-17-. The van der Waals surface area contributed by atoms with E-state index in [2.05, 4.69) is 37.6 Å². The van der Waals surface area contributed by atoms with Crippen LogP contribution in [0.2, 0.25) is 0 Å². The van der Waals surface area contributed by atoms with Gasteiger partial charge in [0.25, 0.3) is 10.0 Å². The van der Waals surface area contributed by atoms with Gasteiger partial charge in [0, 0.05) is 5.71 Å². The number of hydrazone groups is 1. The number of benzene rings is 1. The maximum absolute atomic E-state index is 12.3. The van der Waals surface area contributed by atoms with Crippen LogP contribution in [0, 0.1) is 24.2 Å². The number of aryl methyl sites for hydroxylation is 1. The van der Waals surface area contributed by atoms with Crippen molar-refractivity contribution in [1.29, 1.82) is 0 Å². The van der Waals surface area contributed by atoms with Crippen molar-refractivity contribution < 1.29 is 8.42 Å². The van der Waals surface area contributed by atoms with Gasteiger partial charge in [-0.25, -0.2) is 4.83 Å². The lowest BCUT2D eigenvalue weighted by molar-refractivity contribution is 0.190. The summed E-state index contributed by atoms with van der Waals surface area (Å²) < 4.78 is 24.6. The van der Waals surface area contributed by atoms with Crippen molar-refractivity contribution in [3.63, 3.8) is 0 Å². The fourth-order valence-corrected chi connectivity index (χ4v) is 3.93. The highest BCUT2D eigenvalue weighted by molar-refractivity contribution is 7.89. The Morgan fingerprint density at radius 1 is 1.17 bits per heavy atom. The fraction of sp³-hybridized carbons (Fsp3) is 0.611. The van der Waals surface area contributed by atoms with Gasteiger partial charge in [-0.1, -0.05) is 45.4 Å². The number of nitrogens with zero attached hydrogens (tertiary/aromatic N) is 1. The molecule has 1 N–H and O–H groups in total. The average Bonchev–Trinajstić information content (AvgIpc) is 2.45. The van der Waals surface area contributed by atoms with E-state index in [0.29, 0.717) is 17.3 Å². The zero-order valence-electron chi connectivity index (χ0n) is 14.8. The summed E-state index contributed by atoms with van der Waals surface area (Å²) in [6.07, 6.45) is 2.99. The molecule has 0 aromatic heterocycles. The minimum Gasteiger partial charge on any atom is -0.200 e. The van der Waals surface area contributed by atoms with Gasteiger partial charge < -0.3 is 0 Å². The van der Waals surface area contributed by atoms with Gasteiger partial charge in [0.1, 0.15) is 0 Å². The summed E-state index contributed by atoms with van der Waals surface area (Å²) in [5.74, 6) is 0.971. The van der Waals surface area contributed by atoms with Crippen LogP contribution in [0.5, 0.6) is 0 Å². The summed E-state index contributed by atoms with van der Waals surface area (Å²) in [7, 11) is -3.58. The van der Waals surface area contributed by atoms with Gasteiger partial charge >= 0.3 is 0 Å². The zero-order chi connectivity index (χ0) is 17.3. The lowest BCUT2D eigenvalue weighted by atomic mass is 9.69. The molecule has 0 amide bonds. The molecule has 1 aromatic carbocycles. The van der Waals surface area contributed by atoms with Crippen molar-refractivity contribution >= 4 is 15.7 Å². The number of rotatable bonds is 3. The van der Waals surface area contributed by atoms with Crippen LogP contribution in [0.4, 0.5) is 0 Å². The third-order valence-corrected chi connectivity index (χ3v) is 6.05. The van der Waals surface area contributed by atoms with Crippen LogP contribution >= 0.6 is 0 Å². The van der Waals surface area contributed by atoms with Gasteiger partial charge in [-0.05, 0) is 55.6 Å². The molecule has 5 heteroatoms. The molecule has 23 heavy (non-hydrogen) atoms. The Kier molecular flexibility index (Phi) is 5.19. The Balaban J connectivity index is 2.07. The topological polar surface area (TPSA) is 58.5 Å². The lowest BCUT2D eigenvalue weighted by Gasteiger charge is -2.37. The van der Waals surface area contributed by atoms with E-state index in [1.807, 2.05) is 6.92 Å².